The lowest BCUT2D eigenvalue weighted by molar-refractivity contribution is 0.0805. The van der Waals surface area contributed by atoms with Gasteiger partial charge in [0, 0.05) is 44.3 Å². The molecule has 0 aromatic rings. The maximum Gasteiger partial charge on any atom is 0.0195 e. The van der Waals surface area contributed by atoms with Gasteiger partial charge >= 0.3 is 0 Å². The van der Waals surface area contributed by atoms with Gasteiger partial charge < -0.3 is 10.2 Å². The van der Waals surface area contributed by atoms with Gasteiger partial charge in [0.15, 0.2) is 0 Å². The van der Waals surface area contributed by atoms with Gasteiger partial charge in [-0.05, 0) is 39.2 Å². The monoisotopic (exact) mass is 223 g/mol. The summed E-state index contributed by atoms with van der Waals surface area (Å²) in [6, 6.07) is 2.45. The molecular formula is C13H25N3. The number of hydrogen-bond acceptors (Lipinski definition) is 3. The second-order valence-corrected chi connectivity index (χ2v) is 6.15. The zero-order chi connectivity index (χ0) is 11.1. The average molecular weight is 223 g/mol. The van der Waals surface area contributed by atoms with Crippen molar-refractivity contribution in [1.82, 2.24) is 15.1 Å². The third-order valence-electron chi connectivity index (χ3n) is 4.87. The van der Waals surface area contributed by atoms with Gasteiger partial charge in [0.25, 0.3) is 0 Å². The largest absolute Gasteiger partial charge is 0.311 e. The van der Waals surface area contributed by atoms with Crippen LogP contribution in [0.1, 0.15) is 26.2 Å². The van der Waals surface area contributed by atoms with E-state index in [1.54, 1.807) is 0 Å². The van der Waals surface area contributed by atoms with Crippen molar-refractivity contribution in [3.8, 4) is 0 Å². The van der Waals surface area contributed by atoms with Gasteiger partial charge in [0.1, 0.15) is 0 Å². The van der Waals surface area contributed by atoms with Crippen molar-refractivity contribution in [2.45, 2.75) is 44.3 Å². The zero-order valence-corrected chi connectivity index (χ0v) is 10.7. The number of nitrogens with zero attached hydrogens (tertiary/aromatic N) is 2. The topological polar surface area (TPSA) is 18.5 Å². The second kappa shape index (κ2) is 4.28. The summed E-state index contributed by atoms with van der Waals surface area (Å²) in [5.74, 6) is 0.935. The second-order valence-electron chi connectivity index (χ2n) is 6.15. The lowest BCUT2D eigenvalue weighted by Crippen LogP contribution is -2.52. The fraction of sp³-hybridized carbons (Fsp3) is 1.00. The van der Waals surface area contributed by atoms with Crippen molar-refractivity contribution in [1.29, 1.82) is 0 Å². The van der Waals surface area contributed by atoms with E-state index in [0.717, 1.165) is 24.0 Å². The van der Waals surface area contributed by atoms with Gasteiger partial charge in [0.05, 0.1) is 0 Å². The van der Waals surface area contributed by atoms with Crippen LogP contribution in [0.2, 0.25) is 0 Å². The van der Waals surface area contributed by atoms with Crippen LogP contribution in [0, 0.1) is 5.92 Å². The first-order chi connectivity index (χ1) is 7.72. The Hall–Kier alpha value is -0.120. The molecule has 1 N–H and O–H groups in total. The predicted octanol–water partition coefficient (Wildman–Crippen LogP) is 0.763. The summed E-state index contributed by atoms with van der Waals surface area (Å²) >= 11 is 0. The van der Waals surface area contributed by atoms with Crippen LogP contribution in [-0.2, 0) is 0 Å². The third-order valence-corrected chi connectivity index (χ3v) is 4.87. The van der Waals surface area contributed by atoms with Gasteiger partial charge in [0.2, 0.25) is 0 Å². The number of rotatable bonds is 2. The maximum atomic E-state index is 3.75. The average Bonchev–Trinajstić information content (AvgIpc) is 2.84. The highest BCUT2D eigenvalue weighted by atomic mass is 15.3. The minimum absolute atomic E-state index is 0.748. The molecule has 0 saturated carbocycles. The molecule has 3 heteroatoms. The minimum atomic E-state index is 0.748. The Morgan fingerprint density at radius 1 is 1.25 bits per heavy atom. The number of piperazine rings is 1. The van der Waals surface area contributed by atoms with Crippen LogP contribution in [-0.4, -0.2) is 61.2 Å². The molecule has 4 atom stereocenters. The predicted molar refractivity (Wildman–Crippen MR) is 66.6 cm³/mol. The third kappa shape index (κ3) is 2.01. The van der Waals surface area contributed by atoms with Gasteiger partial charge in [-0.1, -0.05) is 0 Å². The summed E-state index contributed by atoms with van der Waals surface area (Å²) in [4.78, 5) is 5.17. The van der Waals surface area contributed by atoms with Crippen LogP contribution in [0.25, 0.3) is 0 Å². The zero-order valence-electron chi connectivity index (χ0n) is 10.7. The molecule has 3 saturated heterocycles. The maximum absolute atomic E-state index is 3.75. The van der Waals surface area contributed by atoms with Crippen LogP contribution in [0.15, 0.2) is 0 Å². The number of nitrogens with one attached hydrogen (secondary N) is 1. The number of likely N-dealkylation sites (N-methyl/N-ethyl adjacent to an activating group) is 1. The van der Waals surface area contributed by atoms with Gasteiger partial charge in [-0.25, -0.2) is 0 Å². The molecule has 0 amide bonds. The Balaban J connectivity index is 1.55. The lowest BCUT2D eigenvalue weighted by atomic mass is 9.88. The smallest absolute Gasteiger partial charge is 0.0195 e. The highest BCUT2D eigenvalue weighted by molar-refractivity contribution is 4.98. The normalized spacial score (nSPS) is 45.4. The number of hydrogen-bond donors (Lipinski definition) is 1. The molecule has 0 aliphatic carbocycles. The molecule has 3 heterocycles. The highest BCUT2D eigenvalue weighted by Crippen LogP contribution is 2.34. The lowest BCUT2D eigenvalue weighted by Gasteiger charge is -2.40. The van der Waals surface area contributed by atoms with Crippen molar-refractivity contribution >= 4 is 0 Å². The van der Waals surface area contributed by atoms with Crippen molar-refractivity contribution in [3.05, 3.63) is 0 Å². The first-order valence-corrected chi connectivity index (χ1v) is 6.91. The molecule has 0 aromatic heterocycles. The molecule has 4 unspecified atom stereocenters. The van der Waals surface area contributed by atoms with Crippen LogP contribution in [0.3, 0.4) is 0 Å². The minimum Gasteiger partial charge on any atom is -0.311 e. The Bertz CT molecular complexity index is 256. The van der Waals surface area contributed by atoms with E-state index in [1.165, 1.54) is 45.4 Å². The van der Waals surface area contributed by atoms with E-state index in [1.807, 2.05) is 0 Å². The quantitative estimate of drug-likeness (QED) is 0.746. The van der Waals surface area contributed by atoms with Crippen LogP contribution in [0.4, 0.5) is 0 Å². The first kappa shape index (κ1) is 11.0. The SMILES string of the molecule is CC1CN(C)CCN1CC1CC2CCC1N2. The molecular weight excluding hydrogens is 198 g/mol. The van der Waals surface area contributed by atoms with E-state index >= 15 is 0 Å². The van der Waals surface area contributed by atoms with Crippen LogP contribution in [0.5, 0.6) is 0 Å². The molecule has 16 heavy (non-hydrogen) atoms. The molecule has 3 aliphatic heterocycles. The Morgan fingerprint density at radius 2 is 2.12 bits per heavy atom. The van der Waals surface area contributed by atoms with Gasteiger partial charge in [-0.15, -0.1) is 0 Å². The van der Waals surface area contributed by atoms with Gasteiger partial charge in [-0.3, -0.25) is 4.90 Å². The first-order valence-electron chi connectivity index (χ1n) is 6.91. The van der Waals surface area contributed by atoms with Crippen molar-refractivity contribution < 1.29 is 0 Å². The Labute approximate surface area is 99.2 Å². The van der Waals surface area contributed by atoms with E-state index in [4.69, 9.17) is 0 Å². The van der Waals surface area contributed by atoms with E-state index in [-0.39, 0.29) is 0 Å². The molecule has 3 fully saturated rings. The van der Waals surface area contributed by atoms with E-state index in [0.29, 0.717) is 0 Å². The van der Waals surface area contributed by atoms with Gasteiger partial charge in [-0.2, -0.15) is 0 Å². The van der Waals surface area contributed by atoms with Crippen LogP contribution < -0.4 is 5.32 Å². The summed E-state index contributed by atoms with van der Waals surface area (Å²) in [7, 11) is 2.24. The molecule has 3 aliphatic rings. The molecule has 0 spiro atoms. The fourth-order valence-electron chi connectivity index (χ4n) is 3.89. The Morgan fingerprint density at radius 3 is 2.75 bits per heavy atom. The van der Waals surface area contributed by atoms with Crippen LogP contribution >= 0.6 is 0 Å². The van der Waals surface area contributed by atoms with Crippen molar-refractivity contribution in [2.24, 2.45) is 5.92 Å². The summed E-state index contributed by atoms with van der Waals surface area (Å²) in [5.41, 5.74) is 0. The molecule has 92 valence electrons. The van der Waals surface area contributed by atoms with Crippen molar-refractivity contribution in [2.75, 3.05) is 33.2 Å². The fourth-order valence-corrected chi connectivity index (χ4v) is 3.89. The highest BCUT2D eigenvalue weighted by Gasteiger charge is 2.40. The summed E-state index contributed by atoms with van der Waals surface area (Å²) < 4.78 is 0. The molecule has 0 radical (unpaired) electrons. The van der Waals surface area contributed by atoms with E-state index in [9.17, 15) is 0 Å². The number of fused-ring (bicyclic) bond motifs is 2. The Kier molecular flexibility index (Phi) is 2.94. The molecule has 2 bridgehead atoms. The van der Waals surface area contributed by atoms with Crippen molar-refractivity contribution in [3.63, 3.8) is 0 Å². The molecule has 0 aromatic carbocycles. The van der Waals surface area contributed by atoms with E-state index in [2.05, 4.69) is 29.1 Å². The summed E-state index contributed by atoms with van der Waals surface area (Å²) in [6.45, 7) is 7.48. The molecule has 3 nitrogen and oxygen atoms in total. The summed E-state index contributed by atoms with van der Waals surface area (Å²) in [6.07, 6.45) is 4.29. The molecule has 3 rings (SSSR count). The van der Waals surface area contributed by atoms with E-state index < -0.39 is 0 Å². The summed E-state index contributed by atoms with van der Waals surface area (Å²) in [5, 5.41) is 3.75. The standard InChI is InChI=1S/C13H25N3/c1-10-8-15(2)5-6-16(10)9-11-7-12-3-4-13(11)14-12/h10-14H,3-9H2,1-2H3.